The Bertz CT molecular complexity index is 534. The van der Waals surface area contributed by atoms with Gasteiger partial charge < -0.3 is 15.3 Å². The van der Waals surface area contributed by atoms with Crippen LogP contribution in [-0.4, -0.2) is 41.5 Å². The Morgan fingerprint density at radius 3 is 2.38 bits per heavy atom. The molecule has 0 aliphatic carbocycles. The molecule has 1 aromatic rings. The number of rotatable bonds is 7. The minimum absolute atomic E-state index is 0.0579. The average Bonchev–Trinajstić information content (AvgIpc) is 2.61. The van der Waals surface area contributed by atoms with Crippen molar-refractivity contribution in [2.75, 3.05) is 19.6 Å². The number of carbonyl (C=O) groups excluding carboxylic acids is 2. The van der Waals surface area contributed by atoms with Crippen LogP contribution in [0.3, 0.4) is 0 Å². The number of nitrogens with zero attached hydrogens (tertiary/aromatic N) is 1. The van der Waals surface area contributed by atoms with E-state index in [4.69, 9.17) is 5.11 Å². The van der Waals surface area contributed by atoms with Crippen LogP contribution in [-0.2, 0) is 22.6 Å². The molecular weight excluding hydrogens is 304 g/mol. The van der Waals surface area contributed by atoms with E-state index in [-0.39, 0.29) is 18.4 Å². The highest BCUT2D eigenvalue weighted by Crippen LogP contribution is 2.21. The lowest BCUT2D eigenvalue weighted by atomic mass is 9.92. The molecule has 2 rings (SSSR count). The van der Waals surface area contributed by atoms with E-state index in [9.17, 15) is 9.59 Å². The van der Waals surface area contributed by atoms with Crippen molar-refractivity contribution in [3.8, 4) is 0 Å². The van der Waals surface area contributed by atoms with Gasteiger partial charge in [0.15, 0.2) is 0 Å². The Morgan fingerprint density at radius 2 is 1.79 bits per heavy atom. The molecule has 0 spiro atoms. The maximum atomic E-state index is 11.9. The molecule has 0 bridgehead atoms. The predicted molar refractivity (Wildman–Crippen MR) is 93.3 cm³/mol. The molecule has 1 fully saturated rings. The number of nitrogens with one attached hydrogen (secondary N) is 1. The second kappa shape index (κ2) is 9.42. The van der Waals surface area contributed by atoms with E-state index in [0.29, 0.717) is 18.9 Å². The van der Waals surface area contributed by atoms with E-state index >= 15 is 0 Å². The van der Waals surface area contributed by atoms with Gasteiger partial charge in [0.2, 0.25) is 11.8 Å². The normalized spacial score (nSPS) is 15.3. The van der Waals surface area contributed by atoms with E-state index in [2.05, 4.69) is 5.32 Å². The van der Waals surface area contributed by atoms with Crippen LogP contribution in [0.1, 0.15) is 43.7 Å². The molecule has 1 heterocycles. The zero-order valence-electron chi connectivity index (χ0n) is 14.5. The van der Waals surface area contributed by atoms with Crippen molar-refractivity contribution in [1.29, 1.82) is 0 Å². The van der Waals surface area contributed by atoms with Crippen LogP contribution in [0.15, 0.2) is 24.3 Å². The molecule has 132 valence electrons. The summed E-state index contributed by atoms with van der Waals surface area (Å²) >= 11 is 0. The number of aliphatic hydroxyl groups is 1. The fourth-order valence-corrected chi connectivity index (χ4v) is 3.12. The number of piperidine rings is 1. The molecule has 0 saturated carbocycles. The SMILES string of the molecule is CC(=O)N1CCC(CCC(=O)NCCc2ccc(CO)cc2)CC1. The van der Waals surface area contributed by atoms with Gasteiger partial charge >= 0.3 is 0 Å². The van der Waals surface area contributed by atoms with Crippen molar-refractivity contribution in [3.05, 3.63) is 35.4 Å². The van der Waals surface area contributed by atoms with Crippen molar-refractivity contribution >= 4 is 11.8 Å². The first kappa shape index (κ1) is 18.5. The van der Waals surface area contributed by atoms with Gasteiger partial charge in [-0.25, -0.2) is 0 Å². The zero-order valence-corrected chi connectivity index (χ0v) is 14.5. The van der Waals surface area contributed by atoms with Crippen LogP contribution in [0, 0.1) is 5.92 Å². The molecule has 5 heteroatoms. The highest BCUT2D eigenvalue weighted by Gasteiger charge is 2.20. The average molecular weight is 332 g/mol. The van der Waals surface area contributed by atoms with Crippen LogP contribution in [0.4, 0.5) is 0 Å². The standard InChI is InChI=1S/C19H28N2O3/c1-15(23)21-12-9-17(10-13-21)6-7-19(24)20-11-8-16-2-4-18(14-22)5-3-16/h2-5,17,22H,6-14H2,1H3,(H,20,24). The van der Waals surface area contributed by atoms with Gasteiger partial charge in [-0.2, -0.15) is 0 Å². The van der Waals surface area contributed by atoms with E-state index in [0.717, 1.165) is 49.9 Å². The fourth-order valence-electron chi connectivity index (χ4n) is 3.12. The molecule has 1 aromatic carbocycles. The predicted octanol–water partition coefficient (Wildman–Crippen LogP) is 1.88. The second-order valence-electron chi connectivity index (χ2n) is 6.56. The van der Waals surface area contributed by atoms with Crippen LogP contribution in [0.5, 0.6) is 0 Å². The first-order valence-electron chi connectivity index (χ1n) is 8.79. The Morgan fingerprint density at radius 1 is 1.17 bits per heavy atom. The minimum Gasteiger partial charge on any atom is -0.392 e. The summed E-state index contributed by atoms with van der Waals surface area (Å²) in [4.78, 5) is 25.1. The monoisotopic (exact) mass is 332 g/mol. The van der Waals surface area contributed by atoms with Gasteiger partial charge in [0.05, 0.1) is 6.61 Å². The summed E-state index contributed by atoms with van der Waals surface area (Å²) in [6.45, 7) is 3.96. The number of amides is 2. The molecule has 0 unspecified atom stereocenters. The topological polar surface area (TPSA) is 69.6 Å². The molecule has 1 saturated heterocycles. The van der Waals surface area contributed by atoms with E-state index in [1.807, 2.05) is 29.2 Å². The number of aliphatic hydroxyl groups excluding tert-OH is 1. The third-order valence-electron chi connectivity index (χ3n) is 4.78. The Kier molecular flexibility index (Phi) is 7.25. The third-order valence-corrected chi connectivity index (χ3v) is 4.78. The molecule has 1 aliphatic rings. The summed E-state index contributed by atoms with van der Waals surface area (Å²) in [5, 5.41) is 12.0. The minimum atomic E-state index is 0.0579. The Balaban J connectivity index is 1.59. The van der Waals surface area contributed by atoms with Gasteiger partial charge in [-0.15, -0.1) is 0 Å². The lowest BCUT2D eigenvalue weighted by Crippen LogP contribution is -2.37. The van der Waals surface area contributed by atoms with Gasteiger partial charge in [0.1, 0.15) is 0 Å². The first-order valence-corrected chi connectivity index (χ1v) is 8.79. The molecule has 5 nitrogen and oxygen atoms in total. The Labute approximate surface area is 144 Å². The highest BCUT2D eigenvalue weighted by molar-refractivity contribution is 5.75. The maximum absolute atomic E-state index is 11.9. The molecular formula is C19H28N2O3. The summed E-state index contributed by atoms with van der Waals surface area (Å²) in [7, 11) is 0. The van der Waals surface area contributed by atoms with Crippen LogP contribution < -0.4 is 5.32 Å². The van der Waals surface area contributed by atoms with Gasteiger partial charge in [0.25, 0.3) is 0 Å². The molecule has 24 heavy (non-hydrogen) atoms. The van der Waals surface area contributed by atoms with E-state index in [1.165, 1.54) is 0 Å². The van der Waals surface area contributed by atoms with Crippen LogP contribution in [0.25, 0.3) is 0 Å². The fraction of sp³-hybridized carbons (Fsp3) is 0.579. The summed E-state index contributed by atoms with van der Waals surface area (Å²) in [6.07, 6.45) is 4.28. The van der Waals surface area contributed by atoms with Gasteiger partial charge in [-0.1, -0.05) is 24.3 Å². The largest absolute Gasteiger partial charge is 0.392 e. The van der Waals surface area contributed by atoms with Crippen molar-refractivity contribution in [2.45, 2.75) is 45.6 Å². The maximum Gasteiger partial charge on any atom is 0.220 e. The number of carbonyl (C=O) groups is 2. The van der Waals surface area contributed by atoms with Gasteiger partial charge in [0, 0.05) is 33.0 Å². The lowest BCUT2D eigenvalue weighted by Gasteiger charge is -2.31. The smallest absolute Gasteiger partial charge is 0.220 e. The van der Waals surface area contributed by atoms with E-state index < -0.39 is 0 Å². The summed E-state index contributed by atoms with van der Waals surface area (Å²) in [5.41, 5.74) is 2.06. The first-order chi connectivity index (χ1) is 11.6. The van der Waals surface area contributed by atoms with Crippen molar-refractivity contribution in [2.24, 2.45) is 5.92 Å². The number of hydrogen-bond donors (Lipinski definition) is 2. The third kappa shape index (κ3) is 5.96. The quantitative estimate of drug-likeness (QED) is 0.801. The molecule has 2 N–H and O–H groups in total. The molecule has 2 amide bonds. The molecule has 1 aliphatic heterocycles. The van der Waals surface area contributed by atoms with Crippen molar-refractivity contribution in [1.82, 2.24) is 10.2 Å². The second-order valence-corrected chi connectivity index (χ2v) is 6.56. The van der Waals surface area contributed by atoms with E-state index in [1.54, 1.807) is 6.92 Å². The lowest BCUT2D eigenvalue weighted by molar-refractivity contribution is -0.130. The molecule has 0 atom stereocenters. The van der Waals surface area contributed by atoms with Crippen molar-refractivity contribution < 1.29 is 14.7 Å². The summed E-state index contributed by atoms with van der Waals surface area (Å²) in [5.74, 6) is 0.812. The summed E-state index contributed by atoms with van der Waals surface area (Å²) in [6, 6.07) is 7.79. The highest BCUT2D eigenvalue weighted by atomic mass is 16.3. The van der Waals surface area contributed by atoms with Gasteiger partial charge in [-0.3, -0.25) is 9.59 Å². The zero-order chi connectivity index (χ0) is 17.4. The van der Waals surface area contributed by atoms with Crippen molar-refractivity contribution in [3.63, 3.8) is 0 Å². The Hall–Kier alpha value is -1.88. The number of benzene rings is 1. The number of hydrogen-bond acceptors (Lipinski definition) is 3. The summed E-state index contributed by atoms with van der Waals surface area (Å²) < 4.78 is 0. The van der Waals surface area contributed by atoms with Crippen LogP contribution >= 0.6 is 0 Å². The number of likely N-dealkylation sites (tertiary alicyclic amines) is 1. The van der Waals surface area contributed by atoms with Gasteiger partial charge in [-0.05, 0) is 42.7 Å². The van der Waals surface area contributed by atoms with Crippen LogP contribution in [0.2, 0.25) is 0 Å². The molecule has 0 aromatic heterocycles. The molecule has 0 radical (unpaired) electrons.